The van der Waals surface area contributed by atoms with Gasteiger partial charge in [0.15, 0.2) is 0 Å². The van der Waals surface area contributed by atoms with Gasteiger partial charge in [-0.05, 0) is 31.1 Å². The van der Waals surface area contributed by atoms with Gasteiger partial charge in [0.2, 0.25) is 0 Å². The monoisotopic (exact) mass is 318 g/mol. The lowest BCUT2D eigenvalue weighted by Gasteiger charge is -2.39. The molecule has 6 nitrogen and oxygen atoms in total. The Kier molecular flexibility index (Phi) is 5.27. The highest BCUT2D eigenvalue weighted by Crippen LogP contribution is 2.27. The third kappa shape index (κ3) is 3.76. The van der Waals surface area contributed by atoms with Gasteiger partial charge in [0.25, 0.3) is 10.2 Å². The van der Waals surface area contributed by atoms with E-state index in [0.29, 0.717) is 50.9 Å². The van der Waals surface area contributed by atoms with Crippen molar-refractivity contribution in [3.8, 4) is 0 Å². The van der Waals surface area contributed by atoms with Crippen LogP contribution in [0.5, 0.6) is 0 Å². The molecular weight excluding hydrogens is 292 g/mol. The molecule has 2 heterocycles. The maximum atomic E-state index is 12.7. The summed E-state index contributed by atoms with van der Waals surface area (Å²) in [6.07, 6.45) is 2.17. The lowest BCUT2D eigenvalue weighted by molar-refractivity contribution is -0.146. The number of ether oxygens (including phenoxy) is 1. The van der Waals surface area contributed by atoms with Gasteiger partial charge in [-0.3, -0.25) is 4.79 Å². The van der Waals surface area contributed by atoms with Crippen molar-refractivity contribution in [2.75, 3.05) is 33.3 Å². The van der Waals surface area contributed by atoms with Crippen LogP contribution >= 0.6 is 0 Å². The van der Waals surface area contributed by atoms with Crippen molar-refractivity contribution < 1.29 is 17.9 Å². The van der Waals surface area contributed by atoms with Gasteiger partial charge in [-0.15, -0.1) is 0 Å². The Hall–Kier alpha value is -0.660. The molecule has 122 valence electrons. The summed E-state index contributed by atoms with van der Waals surface area (Å²) < 4.78 is 33.3. The van der Waals surface area contributed by atoms with Crippen molar-refractivity contribution in [2.45, 2.75) is 33.1 Å². The first-order valence-corrected chi connectivity index (χ1v) is 9.07. The van der Waals surface area contributed by atoms with E-state index in [1.165, 1.54) is 11.4 Å². The average molecular weight is 318 g/mol. The molecule has 0 aromatic rings. The van der Waals surface area contributed by atoms with Crippen LogP contribution in [-0.4, -0.2) is 56.3 Å². The lowest BCUT2D eigenvalue weighted by atomic mass is 9.94. The van der Waals surface area contributed by atoms with Crippen molar-refractivity contribution in [2.24, 2.45) is 17.8 Å². The second kappa shape index (κ2) is 6.62. The normalized spacial score (nSPS) is 30.2. The highest BCUT2D eigenvalue weighted by atomic mass is 32.2. The molecule has 21 heavy (non-hydrogen) atoms. The second-order valence-corrected chi connectivity index (χ2v) is 8.40. The maximum absolute atomic E-state index is 12.7. The van der Waals surface area contributed by atoms with E-state index in [0.717, 1.165) is 6.42 Å². The zero-order chi connectivity index (χ0) is 15.6. The van der Waals surface area contributed by atoms with Crippen molar-refractivity contribution in [3.63, 3.8) is 0 Å². The molecule has 2 atom stereocenters. The number of nitrogens with zero attached hydrogens (tertiary/aromatic N) is 2. The van der Waals surface area contributed by atoms with E-state index >= 15 is 0 Å². The van der Waals surface area contributed by atoms with Crippen LogP contribution in [0.3, 0.4) is 0 Å². The predicted octanol–water partition coefficient (Wildman–Crippen LogP) is 1.09. The molecule has 0 unspecified atom stereocenters. The van der Waals surface area contributed by atoms with Crippen LogP contribution < -0.4 is 0 Å². The Balaban J connectivity index is 1.99. The first-order valence-electron chi connectivity index (χ1n) is 7.67. The standard InChI is InChI=1S/C14H26N2O4S/c1-11-8-12(2)10-16(9-11)21(18,19)15-6-4-13(5-7-15)14(17)20-3/h11-13H,4-10H2,1-3H3/t11-,12-/m1/s1. The van der Waals surface area contributed by atoms with Gasteiger partial charge in [0.1, 0.15) is 0 Å². The Morgan fingerprint density at radius 2 is 1.57 bits per heavy atom. The van der Waals surface area contributed by atoms with Crippen LogP contribution in [0.25, 0.3) is 0 Å². The van der Waals surface area contributed by atoms with E-state index in [9.17, 15) is 13.2 Å². The van der Waals surface area contributed by atoms with Crippen molar-refractivity contribution in [1.82, 2.24) is 8.61 Å². The summed E-state index contributed by atoms with van der Waals surface area (Å²) in [6, 6.07) is 0. The minimum Gasteiger partial charge on any atom is -0.469 e. The molecule has 0 N–H and O–H groups in total. The van der Waals surface area contributed by atoms with Gasteiger partial charge >= 0.3 is 5.97 Å². The topological polar surface area (TPSA) is 66.9 Å². The Morgan fingerprint density at radius 3 is 2.05 bits per heavy atom. The first kappa shape index (κ1) is 16.7. The number of hydrogen-bond acceptors (Lipinski definition) is 4. The van der Waals surface area contributed by atoms with Crippen molar-refractivity contribution in [1.29, 1.82) is 0 Å². The fraction of sp³-hybridized carbons (Fsp3) is 0.929. The SMILES string of the molecule is COC(=O)C1CCN(S(=O)(=O)N2C[C@H](C)C[C@@H](C)C2)CC1. The molecule has 0 bridgehead atoms. The summed E-state index contributed by atoms with van der Waals surface area (Å²) in [5, 5.41) is 0. The molecule has 2 aliphatic heterocycles. The van der Waals surface area contributed by atoms with Gasteiger partial charge in [-0.1, -0.05) is 13.8 Å². The molecule has 0 aliphatic carbocycles. The Bertz CT molecular complexity index is 461. The van der Waals surface area contributed by atoms with E-state index in [4.69, 9.17) is 4.74 Å². The largest absolute Gasteiger partial charge is 0.469 e. The summed E-state index contributed by atoms with van der Waals surface area (Å²) >= 11 is 0. The fourth-order valence-electron chi connectivity index (χ4n) is 3.45. The molecule has 2 fully saturated rings. The molecule has 0 aromatic carbocycles. The molecular formula is C14H26N2O4S. The maximum Gasteiger partial charge on any atom is 0.308 e. The van der Waals surface area contributed by atoms with E-state index in [2.05, 4.69) is 13.8 Å². The van der Waals surface area contributed by atoms with E-state index in [-0.39, 0.29) is 11.9 Å². The molecule has 0 amide bonds. The van der Waals surface area contributed by atoms with Crippen LogP contribution in [0.4, 0.5) is 0 Å². The Morgan fingerprint density at radius 1 is 1.05 bits per heavy atom. The van der Waals surface area contributed by atoms with Crippen molar-refractivity contribution in [3.05, 3.63) is 0 Å². The van der Waals surface area contributed by atoms with Gasteiger partial charge in [-0.25, -0.2) is 0 Å². The van der Waals surface area contributed by atoms with E-state index < -0.39 is 10.2 Å². The summed E-state index contributed by atoms with van der Waals surface area (Å²) in [7, 11) is -2.02. The van der Waals surface area contributed by atoms with Gasteiger partial charge in [-0.2, -0.15) is 17.0 Å². The van der Waals surface area contributed by atoms with Crippen molar-refractivity contribution >= 4 is 16.2 Å². The number of carbonyl (C=O) groups is 1. The third-order valence-corrected chi connectivity index (χ3v) is 6.44. The highest BCUT2D eigenvalue weighted by molar-refractivity contribution is 7.86. The number of esters is 1. The molecule has 2 saturated heterocycles. The number of methoxy groups -OCH3 is 1. The van der Waals surface area contributed by atoms with Crippen LogP contribution in [0.2, 0.25) is 0 Å². The Labute approximate surface area is 127 Å². The zero-order valence-electron chi connectivity index (χ0n) is 13.1. The minimum atomic E-state index is -3.39. The average Bonchev–Trinajstić information content (AvgIpc) is 2.45. The number of piperidine rings is 2. The van der Waals surface area contributed by atoms with Crippen LogP contribution in [0, 0.1) is 17.8 Å². The third-order valence-electron chi connectivity index (χ3n) is 4.48. The smallest absolute Gasteiger partial charge is 0.308 e. The van der Waals surface area contributed by atoms with Crippen LogP contribution in [0.1, 0.15) is 33.1 Å². The fourth-order valence-corrected chi connectivity index (χ4v) is 5.33. The summed E-state index contributed by atoms with van der Waals surface area (Å²) in [5.41, 5.74) is 0. The highest BCUT2D eigenvalue weighted by Gasteiger charge is 2.37. The van der Waals surface area contributed by atoms with E-state index in [1.807, 2.05) is 0 Å². The number of carbonyl (C=O) groups excluding carboxylic acids is 1. The lowest BCUT2D eigenvalue weighted by Crippen LogP contribution is -2.51. The quantitative estimate of drug-likeness (QED) is 0.731. The molecule has 2 aliphatic rings. The molecule has 7 heteroatoms. The van der Waals surface area contributed by atoms with Gasteiger partial charge in [0, 0.05) is 26.2 Å². The van der Waals surface area contributed by atoms with Crippen LogP contribution in [-0.2, 0) is 19.7 Å². The first-order chi connectivity index (χ1) is 9.84. The minimum absolute atomic E-state index is 0.166. The zero-order valence-corrected chi connectivity index (χ0v) is 13.9. The predicted molar refractivity (Wildman–Crippen MR) is 79.8 cm³/mol. The summed E-state index contributed by atoms with van der Waals surface area (Å²) in [6.45, 7) is 6.21. The summed E-state index contributed by atoms with van der Waals surface area (Å²) in [5.74, 6) is 0.403. The van der Waals surface area contributed by atoms with Crippen LogP contribution in [0.15, 0.2) is 0 Å². The molecule has 0 radical (unpaired) electrons. The van der Waals surface area contributed by atoms with Gasteiger partial charge in [0.05, 0.1) is 13.0 Å². The number of hydrogen-bond donors (Lipinski definition) is 0. The van der Waals surface area contributed by atoms with E-state index in [1.54, 1.807) is 4.31 Å². The molecule has 0 saturated carbocycles. The van der Waals surface area contributed by atoms with Gasteiger partial charge < -0.3 is 4.74 Å². The second-order valence-electron chi connectivity index (χ2n) is 6.47. The molecule has 0 spiro atoms. The summed E-state index contributed by atoms with van der Waals surface area (Å²) in [4.78, 5) is 11.5. The molecule has 2 rings (SSSR count). The number of rotatable bonds is 3. The molecule has 0 aromatic heterocycles.